The summed E-state index contributed by atoms with van der Waals surface area (Å²) in [5.74, 6) is 4.88. The lowest BCUT2D eigenvalue weighted by atomic mass is 9.99. The van der Waals surface area contributed by atoms with Crippen molar-refractivity contribution < 1.29 is 24.6 Å². The van der Waals surface area contributed by atoms with Crippen molar-refractivity contribution in [3.05, 3.63) is 65.2 Å². The highest BCUT2D eigenvalue weighted by Crippen LogP contribution is 2.15. The molecule has 1 unspecified atom stereocenters. The molecule has 2 amide bonds. The summed E-state index contributed by atoms with van der Waals surface area (Å²) in [6.45, 7) is 2.27. The zero-order valence-corrected chi connectivity index (χ0v) is 19.0. The molecule has 8 nitrogen and oxygen atoms in total. The third-order valence-corrected chi connectivity index (χ3v) is 5.59. The summed E-state index contributed by atoms with van der Waals surface area (Å²) in [5, 5.41) is 27.3. The van der Waals surface area contributed by atoms with Crippen molar-refractivity contribution in [3.63, 3.8) is 0 Å². The van der Waals surface area contributed by atoms with Gasteiger partial charge in [-0.25, -0.2) is 0 Å². The Morgan fingerprint density at radius 2 is 1.68 bits per heavy atom. The molecule has 0 radical (unpaired) electrons. The minimum absolute atomic E-state index is 0.00800. The molecule has 1 saturated heterocycles. The number of anilines is 1. The van der Waals surface area contributed by atoms with Crippen LogP contribution in [0, 0.1) is 17.8 Å². The van der Waals surface area contributed by atoms with Crippen molar-refractivity contribution in [3.8, 4) is 11.8 Å². The molecule has 2 aromatic rings. The summed E-state index contributed by atoms with van der Waals surface area (Å²) in [6, 6.07) is 12.6. The summed E-state index contributed by atoms with van der Waals surface area (Å²) in [4.78, 5) is 36.4. The van der Waals surface area contributed by atoms with Gasteiger partial charge in [0.05, 0.1) is 12.0 Å². The predicted octanol–water partition coefficient (Wildman–Crippen LogP) is 1.07. The molecular formula is C26H29N3O5. The van der Waals surface area contributed by atoms with Gasteiger partial charge in [-0.05, 0) is 74.8 Å². The molecule has 0 spiro atoms. The van der Waals surface area contributed by atoms with E-state index in [0.717, 1.165) is 30.6 Å². The summed E-state index contributed by atoms with van der Waals surface area (Å²) in [7, 11) is 0. The van der Waals surface area contributed by atoms with Gasteiger partial charge in [0.25, 0.3) is 5.91 Å². The minimum atomic E-state index is -1.18. The Labute approximate surface area is 198 Å². The fourth-order valence-electron chi connectivity index (χ4n) is 3.60. The summed E-state index contributed by atoms with van der Waals surface area (Å²) in [6.07, 6.45) is 0.771. The van der Waals surface area contributed by atoms with E-state index < -0.39 is 30.4 Å². The van der Waals surface area contributed by atoms with Gasteiger partial charge >= 0.3 is 0 Å². The number of aliphatic hydroxyl groups is 2. The third-order valence-electron chi connectivity index (χ3n) is 5.59. The van der Waals surface area contributed by atoms with Gasteiger partial charge in [-0.2, -0.15) is 0 Å². The van der Waals surface area contributed by atoms with Crippen molar-refractivity contribution in [2.24, 2.45) is 5.92 Å². The van der Waals surface area contributed by atoms with E-state index in [1.807, 2.05) is 24.3 Å². The maximum Gasteiger partial charge on any atom is 0.251 e. The number of ketones is 1. The molecule has 3 rings (SSSR count). The highest BCUT2D eigenvalue weighted by molar-refractivity contribution is 5.98. The van der Waals surface area contributed by atoms with Gasteiger partial charge in [-0.3, -0.25) is 14.4 Å². The van der Waals surface area contributed by atoms with Crippen LogP contribution in [0.4, 0.5) is 5.69 Å². The topological polar surface area (TPSA) is 128 Å². The molecular weight excluding hydrogens is 434 g/mol. The quantitative estimate of drug-likeness (QED) is 0.391. The van der Waals surface area contributed by atoms with E-state index >= 15 is 0 Å². The lowest BCUT2D eigenvalue weighted by molar-refractivity contribution is -0.126. The van der Waals surface area contributed by atoms with Gasteiger partial charge in [0.2, 0.25) is 5.91 Å². The van der Waals surface area contributed by atoms with E-state index in [4.69, 9.17) is 5.11 Å². The average molecular weight is 464 g/mol. The van der Waals surface area contributed by atoms with Gasteiger partial charge in [-0.15, -0.1) is 0 Å². The van der Waals surface area contributed by atoms with E-state index in [-0.39, 0.29) is 11.8 Å². The number of aliphatic hydroxyl groups excluding tert-OH is 2. The van der Waals surface area contributed by atoms with Crippen molar-refractivity contribution in [2.45, 2.75) is 31.9 Å². The van der Waals surface area contributed by atoms with Crippen LogP contribution >= 0.6 is 0 Å². The third kappa shape index (κ3) is 6.99. The summed E-state index contributed by atoms with van der Waals surface area (Å²) >= 11 is 0. The molecule has 0 aliphatic carbocycles. The lowest BCUT2D eigenvalue weighted by Gasteiger charge is -2.21. The van der Waals surface area contributed by atoms with Crippen LogP contribution in [0.5, 0.6) is 0 Å². The Kier molecular flexibility index (Phi) is 8.93. The number of hydrogen-bond acceptors (Lipinski definition) is 6. The number of nitrogens with one attached hydrogen (secondary N) is 3. The molecule has 5 N–H and O–H groups in total. The van der Waals surface area contributed by atoms with E-state index in [1.165, 1.54) is 6.92 Å². The van der Waals surface area contributed by atoms with Crippen LogP contribution in [0.3, 0.4) is 0 Å². The molecule has 34 heavy (non-hydrogen) atoms. The number of carbonyl (C=O) groups excluding carboxylic acids is 3. The molecule has 1 aliphatic rings. The Hall–Kier alpha value is -3.51. The fraction of sp³-hybridized carbons (Fsp3) is 0.346. The maximum absolute atomic E-state index is 12.4. The SMILES string of the molecule is C[C@@H](O)[C@H](NC(=O)c1ccc(C#Cc2ccc(NC(=O)C3CCCNC3)cc2)cc1)C(=O)CO. The first kappa shape index (κ1) is 25.1. The number of rotatable bonds is 7. The average Bonchev–Trinajstić information content (AvgIpc) is 2.87. The second-order valence-electron chi connectivity index (χ2n) is 8.25. The molecule has 1 aliphatic heterocycles. The number of carbonyl (C=O) groups is 3. The number of piperidine rings is 1. The van der Waals surface area contributed by atoms with Crippen LogP contribution in [-0.2, 0) is 9.59 Å². The highest BCUT2D eigenvalue weighted by atomic mass is 16.3. The Bertz CT molecular complexity index is 1060. The normalized spacial score (nSPS) is 17.0. The molecule has 178 valence electrons. The molecule has 2 aromatic carbocycles. The predicted molar refractivity (Wildman–Crippen MR) is 128 cm³/mol. The smallest absolute Gasteiger partial charge is 0.251 e. The maximum atomic E-state index is 12.4. The Balaban J connectivity index is 1.58. The lowest BCUT2D eigenvalue weighted by Crippen LogP contribution is -2.48. The first-order valence-corrected chi connectivity index (χ1v) is 11.2. The van der Waals surface area contributed by atoms with E-state index in [0.29, 0.717) is 17.7 Å². The Morgan fingerprint density at radius 1 is 1.06 bits per heavy atom. The standard InChI is InChI=1S/C26H29N3O5/c1-17(31)24(23(32)16-30)29-25(33)20-10-6-18(7-11-20)4-5-19-8-12-22(13-9-19)28-26(34)21-3-2-14-27-15-21/h6-13,17,21,24,27,30-31H,2-3,14-16H2,1H3,(H,28,34)(H,29,33)/t17-,21?,24+/m1/s1. The first-order chi connectivity index (χ1) is 16.4. The fourth-order valence-corrected chi connectivity index (χ4v) is 3.60. The molecule has 0 saturated carbocycles. The largest absolute Gasteiger partial charge is 0.391 e. The van der Waals surface area contributed by atoms with Gasteiger partial charge in [0.1, 0.15) is 12.6 Å². The minimum Gasteiger partial charge on any atom is -0.391 e. The monoisotopic (exact) mass is 463 g/mol. The highest BCUT2D eigenvalue weighted by Gasteiger charge is 2.25. The van der Waals surface area contributed by atoms with Gasteiger partial charge in [-0.1, -0.05) is 11.8 Å². The van der Waals surface area contributed by atoms with Crippen LogP contribution < -0.4 is 16.0 Å². The first-order valence-electron chi connectivity index (χ1n) is 11.2. The van der Waals surface area contributed by atoms with Crippen molar-refractivity contribution in [1.29, 1.82) is 0 Å². The molecule has 1 heterocycles. The van der Waals surface area contributed by atoms with Crippen LogP contribution in [0.2, 0.25) is 0 Å². The van der Waals surface area contributed by atoms with Gasteiger partial charge in [0, 0.05) is 28.9 Å². The number of benzene rings is 2. The van der Waals surface area contributed by atoms with E-state index in [9.17, 15) is 19.5 Å². The zero-order chi connectivity index (χ0) is 24.5. The van der Waals surface area contributed by atoms with E-state index in [2.05, 4.69) is 27.8 Å². The van der Waals surface area contributed by atoms with Crippen LogP contribution in [-0.4, -0.2) is 59.7 Å². The molecule has 0 bridgehead atoms. The summed E-state index contributed by atoms with van der Waals surface area (Å²) < 4.78 is 0. The second-order valence-corrected chi connectivity index (χ2v) is 8.25. The Morgan fingerprint density at radius 3 is 2.21 bits per heavy atom. The van der Waals surface area contributed by atoms with Crippen LogP contribution in [0.15, 0.2) is 48.5 Å². The zero-order valence-electron chi connectivity index (χ0n) is 19.0. The van der Waals surface area contributed by atoms with Crippen molar-refractivity contribution in [1.82, 2.24) is 10.6 Å². The van der Waals surface area contributed by atoms with Crippen LogP contribution in [0.1, 0.15) is 41.3 Å². The number of amides is 2. The number of Topliss-reactive ketones (excluding diaryl/α,β-unsaturated/α-hetero) is 1. The molecule has 0 aromatic heterocycles. The molecule has 8 heteroatoms. The van der Waals surface area contributed by atoms with Crippen LogP contribution in [0.25, 0.3) is 0 Å². The van der Waals surface area contributed by atoms with Crippen molar-refractivity contribution in [2.75, 3.05) is 25.0 Å². The van der Waals surface area contributed by atoms with Gasteiger partial charge < -0.3 is 26.2 Å². The molecule has 3 atom stereocenters. The van der Waals surface area contributed by atoms with Gasteiger partial charge in [0.15, 0.2) is 5.78 Å². The molecule has 1 fully saturated rings. The van der Waals surface area contributed by atoms with Crippen molar-refractivity contribution >= 4 is 23.3 Å². The van der Waals surface area contributed by atoms with E-state index in [1.54, 1.807) is 24.3 Å². The number of hydrogen-bond donors (Lipinski definition) is 5. The second kappa shape index (κ2) is 12.1. The summed E-state index contributed by atoms with van der Waals surface area (Å²) in [5.41, 5.74) is 2.50.